The average molecular weight is 302 g/mol. The van der Waals surface area contributed by atoms with Crippen molar-refractivity contribution >= 4 is 22.7 Å². The summed E-state index contributed by atoms with van der Waals surface area (Å²) >= 11 is 0. The molecule has 7 heteroatoms. The predicted molar refractivity (Wildman–Crippen MR) is 80.4 cm³/mol. The first-order chi connectivity index (χ1) is 10.5. The summed E-state index contributed by atoms with van der Waals surface area (Å²) in [4.78, 5) is 26.3. The minimum Gasteiger partial charge on any atom is -0.362 e. The summed E-state index contributed by atoms with van der Waals surface area (Å²) in [5.74, 6) is -0.437. The molecule has 0 saturated carbocycles. The quantitative estimate of drug-likeness (QED) is 0.847. The largest absolute Gasteiger partial charge is 0.362 e. The molecule has 0 radical (unpaired) electrons. The van der Waals surface area contributed by atoms with Gasteiger partial charge in [-0.05, 0) is 13.0 Å². The highest BCUT2D eigenvalue weighted by Gasteiger charge is 2.40. The number of hydrogen-bond donors (Lipinski definition) is 2. The standard InChI is InChI=1S/C15H18N4O3/c1-15(14(21)16-2)9-19(7-8-22-15)13(20)12-10-5-3-4-6-11(10)17-18-12/h3-6H,7-9H2,1-2H3,(H,16,21)(H,17,18)/t15-/m1/s1. The van der Waals surface area contributed by atoms with E-state index in [1.54, 1.807) is 18.9 Å². The molecule has 2 amide bonds. The topological polar surface area (TPSA) is 87.3 Å². The molecule has 1 aliphatic rings. The Morgan fingerprint density at radius 2 is 2.18 bits per heavy atom. The fourth-order valence-electron chi connectivity index (χ4n) is 2.72. The van der Waals surface area contributed by atoms with E-state index in [2.05, 4.69) is 15.5 Å². The molecule has 0 bridgehead atoms. The summed E-state index contributed by atoms with van der Waals surface area (Å²) in [7, 11) is 1.55. The van der Waals surface area contributed by atoms with Crippen molar-refractivity contribution in [2.45, 2.75) is 12.5 Å². The van der Waals surface area contributed by atoms with Crippen LogP contribution in [0.2, 0.25) is 0 Å². The van der Waals surface area contributed by atoms with E-state index in [-0.39, 0.29) is 18.4 Å². The van der Waals surface area contributed by atoms with Crippen LogP contribution in [0, 0.1) is 0 Å². The van der Waals surface area contributed by atoms with Gasteiger partial charge in [-0.2, -0.15) is 5.10 Å². The second kappa shape index (κ2) is 5.42. The summed E-state index contributed by atoms with van der Waals surface area (Å²) in [6, 6.07) is 7.46. The highest BCUT2D eigenvalue weighted by atomic mass is 16.5. The molecule has 1 fully saturated rings. The maximum atomic E-state index is 12.7. The summed E-state index contributed by atoms with van der Waals surface area (Å²) in [6.45, 7) is 2.64. The van der Waals surface area contributed by atoms with Gasteiger partial charge in [0.1, 0.15) is 0 Å². The number of ether oxygens (including phenoxy) is 1. The number of H-pyrrole nitrogens is 1. The maximum Gasteiger partial charge on any atom is 0.275 e. The van der Waals surface area contributed by atoms with Gasteiger partial charge in [0.05, 0.1) is 18.7 Å². The van der Waals surface area contributed by atoms with Crippen LogP contribution >= 0.6 is 0 Å². The van der Waals surface area contributed by atoms with Crippen LogP contribution in [0.15, 0.2) is 24.3 Å². The van der Waals surface area contributed by atoms with Crippen molar-refractivity contribution in [3.8, 4) is 0 Å². The van der Waals surface area contributed by atoms with E-state index in [0.29, 0.717) is 18.8 Å². The van der Waals surface area contributed by atoms with Gasteiger partial charge in [0.25, 0.3) is 11.8 Å². The number of para-hydroxylation sites is 1. The highest BCUT2D eigenvalue weighted by molar-refractivity contribution is 6.04. The van der Waals surface area contributed by atoms with E-state index in [1.807, 2.05) is 24.3 Å². The Morgan fingerprint density at radius 3 is 2.95 bits per heavy atom. The van der Waals surface area contributed by atoms with Gasteiger partial charge in [0, 0.05) is 19.0 Å². The molecular weight excluding hydrogens is 284 g/mol. The number of aromatic amines is 1. The van der Waals surface area contributed by atoms with E-state index >= 15 is 0 Å². The Balaban J connectivity index is 1.87. The van der Waals surface area contributed by atoms with Crippen molar-refractivity contribution in [3.05, 3.63) is 30.0 Å². The molecule has 0 spiro atoms. The van der Waals surface area contributed by atoms with Crippen molar-refractivity contribution in [1.29, 1.82) is 0 Å². The van der Waals surface area contributed by atoms with Crippen molar-refractivity contribution in [1.82, 2.24) is 20.4 Å². The molecule has 0 unspecified atom stereocenters. The van der Waals surface area contributed by atoms with Crippen LogP contribution < -0.4 is 5.32 Å². The third-order valence-electron chi connectivity index (χ3n) is 3.94. The van der Waals surface area contributed by atoms with Crippen LogP contribution in [0.4, 0.5) is 0 Å². The third kappa shape index (κ3) is 2.33. The van der Waals surface area contributed by atoms with Gasteiger partial charge in [-0.3, -0.25) is 14.7 Å². The van der Waals surface area contributed by atoms with E-state index in [1.165, 1.54) is 0 Å². The lowest BCUT2D eigenvalue weighted by atomic mass is 10.0. The van der Waals surface area contributed by atoms with Crippen LogP contribution in [0.25, 0.3) is 10.9 Å². The van der Waals surface area contributed by atoms with Crippen LogP contribution in [0.5, 0.6) is 0 Å². The number of amides is 2. The molecule has 1 aliphatic heterocycles. The number of nitrogens with zero attached hydrogens (tertiary/aromatic N) is 2. The monoisotopic (exact) mass is 302 g/mol. The van der Waals surface area contributed by atoms with Crippen molar-refractivity contribution in [2.75, 3.05) is 26.7 Å². The molecule has 116 valence electrons. The van der Waals surface area contributed by atoms with E-state index in [9.17, 15) is 9.59 Å². The molecular formula is C15H18N4O3. The van der Waals surface area contributed by atoms with Crippen LogP contribution in [-0.4, -0.2) is 59.3 Å². The lowest BCUT2D eigenvalue weighted by molar-refractivity contribution is -0.153. The number of carbonyl (C=O) groups excluding carboxylic acids is 2. The van der Waals surface area contributed by atoms with Gasteiger partial charge in [-0.25, -0.2) is 0 Å². The molecule has 3 rings (SSSR count). The molecule has 2 N–H and O–H groups in total. The molecule has 0 aliphatic carbocycles. The van der Waals surface area contributed by atoms with Gasteiger partial charge in [0.2, 0.25) is 0 Å². The lowest BCUT2D eigenvalue weighted by Gasteiger charge is -2.38. The van der Waals surface area contributed by atoms with Gasteiger partial charge < -0.3 is 15.0 Å². The molecule has 7 nitrogen and oxygen atoms in total. The first-order valence-electron chi connectivity index (χ1n) is 7.14. The summed E-state index contributed by atoms with van der Waals surface area (Å²) in [5.41, 5.74) is 0.152. The molecule has 2 heterocycles. The molecule has 1 atom stereocenters. The molecule has 2 aromatic rings. The SMILES string of the molecule is CNC(=O)[C@@]1(C)CN(C(=O)c2n[nH]c3ccccc23)CCO1. The molecule has 22 heavy (non-hydrogen) atoms. The van der Waals surface area contributed by atoms with Crippen LogP contribution in [0.3, 0.4) is 0 Å². The number of aromatic nitrogens is 2. The van der Waals surface area contributed by atoms with Gasteiger partial charge in [-0.15, -0.1) is 0 Å². The van der Waals surface area contributed by atoms with Crippen LogP contribution in [0.1, 0.15) is 17.4 Å². The van der Waals surface area contributed by atoms with Crippen LogP contribution in [-0.2, 0) is 9.53 Å². The second-order valence-corrected chi connectivity index (χ2v) is 5.50. The molecule has 1 aromatic carbocycles. The Bertz CT molecular complexity index is 726. The zero-order valence-electron chi connectivity index (χ0n) is 12.5. The number of nitrogens with one attached hydrogen (secondary N) is 2. The summed E-state index contributed by atoms with van der Waals surface area (Å²) < 4.78 is 5.57. The number of rotatable bonds is 2. The Kier molecular flexibility index (Phi) is 3.58. The van der Waals surface area contributed by atoms with Crippen molar-refractivity contribution in [2.24, 2.45) is 0 Å². The lowest BCUT2D eigenvalue weighted by Crippen LogP contribution is -2.58. The Hall–Kier alpha value is -2.41. The summed E-state index contributed by atoms with van der Waals surface area (Å²) in [6.07, 6.45) is 0. The number of likely N-dealkylation sites (N-methyl/N-ethyl adjacent to an activating group) is 1. The first-order valence-corrected chi connectivity index (χ1v) is 7.14. The smallest absolute Gasteiger partial charge is 0.275 e. The first kappa shape index (κ1) is 14.5. The number of hydrogen-bond acceptors (Lipinski definition) is 4. The van der Waals surface area contributed by atoms with Crippen molar-refractivity contribution < 1.29 is 14.3 Å². The average Bonchev–Trinajstić information content (AvgIpc) is 2.97. The van der Waals surface area contributed by atoms with Crippen molar-refractivity contribution in [3.63, 3.8) is 0 Å². The summed E-state index contributed by atoms with van der Waals surface area (Å²) in [5, 5.41) is 10.3. The minimum absolute atomic E-state index is 0.198. The fraction of sp³-hybridized carbons (Fsp3) is 0.400. The zero-order chi connectivity index (χ0) is 15.7. The Labute approximate surface area is 127 Å². The molecule has 1 aromatic heterocycles. The molecule has 1 saturated heterocycles. The number of morpholine rings is 1. The normalized spacial score (nSPS) is 21.8. The van der Waals surface area contributed by atoms with Gasteiger partial charge in [0.15, 0.2) is 11.3 Å². The van der Waals surface area contributed by atoms with E-state index < -0.39 is 5.60 Å². The van der Waals surface area contributed by atoms with E-state index in [4.69, 9.17) is 4.74 Å². The third-order valence-corrected chi connectivity index (χ3v) is 3.94. The number of fused-ring (bicyclic) bond motifs is 1. The highest BCUT2D eigenvalue weighted by Crippen LogP contribution is 2.22. The maximum absolute atomic E-state index is 12.7. The van der Waals surface area contributed by atoms with E-state index in [0.717, 1.165) is 10.9 Å². The minimum atomic E-state index is -1.03. The second-order valence-electron chi connectivity index (χ2n) is 5.50. The number of carbonyl (C=O) groups is 2. The fourth-order valence-corrected chi connectivity index (χ4v) is 2.72. The Morgan fingerprint density at radius 1 is 1.41 bits per heavy atom. The number of benzene rings is 1. The predicted octanol–water partition coefficient (Wildman–Crippen LogP) is 0.540. The van der Waals surface area contributed by atoms with Gasteiger partial charge in [-0.1, -0.05) is 18.2 Å². The zero-order valence-corrected chi connectivity index (χ0v) is 12.5. The van der Waals surface area contributed by atoms with Gasteiger partial charge >= 0.3 is 0 Å².